The van der Waals surface area contributed by atoms with E-state index < -0.39 is 0 Å². The Labute approximate surface area is 110 Å². The van der Waals surface area contributed by atoms with Crippen LogP contribution in [0, 0.1) is 18.3 Å². The van der Waals surface area contributed by atoms with Crippen molar-refractivity contribution in [3.05, 3.63) is 0 Å². The summed E-state index contributed by atoms with van der Waals surface area (Å²) in [5, 5.41) is 2.76. The lowest BCUT2D eigenvalue weighted by Gasteiger charge is -2.35. The van der Waals surface area contributed by atoms with E-state index in [2.05, 4.69) is 23.1 Å². The molecule has 3 atom stereocenters. The highest BCUT2D eigenvalue weighted by Gasteiger charge is 2.34. The summed E-state index contributed by atoms with van der Waals surface area (Å²) in [5.41, 5.74) is 5.82. The number of nitrogens with one attached hydrogen (secondary N) is 1. The predicted molar refractivity (Wildman–Crippen MR) is 73.9 cm³/mol. The Kier molecular flexibility index (Phi) is 6.17. The Hall–Kier alpha value is -1.05. The zero-order valence-corrected chi connectivity index (χ0v) is 11.5. The molecule has 0 spiro atoms. The van der Waals surface area contributed by atoms with Crippen LogP contribution in [0.3, 0.4) is 0 Å². The number of hydrogen-bond donors (Lipinski definition) is 2. The fraction of sp³-hybridized carbons (Fsp3) is 0.786. The molecule has 1 rings (SSSR count). The first-order chi connectivity index (χ1) is 8.65. The number of nitrogens with two attached hydrogens (primary N) is 1. The third-order valence-corrected chi connectivity index (χ3v) is 3.95. The molecule has 1 saturated carbocycles. The topological polar surface area (TPSA) is 58.4 Å². The van der Waals surface area contributed by atoms with Gasteiger partial charge in [0.1, 0.15) is 0 Å². The van der Waals surface area contributed by atoms with Crippen LogP contribution in [0.2, 0.25) is 0 Å². The van der Waals surface area contributed by atoms with E-state index in [9.17, 15) is 4.79 Å². The summed E-state index contributed by atoms with van der Waals surface area (Å²) in [6.07, 6.45) is 8.68. The van der Waals surface area contributed by atoms with Crippen molar-refractivity contribution < 1.29 is 4.79 Å². The van der Waals surface area contributed by atoms with Crippen LogP contribution in [-0.2, 0) is 4.79 Å². The maximum atomic E-state index is 12.0. The van der Waals surface area contributed by atoms with Crippen LogP contribution >= 0.6 is 0 Å². The van der Waals surface area contributed by atoms with Crippen molar-refractivity contribution in [2.45, 2.75) is 45.2 Å². The normalized spacial score (nSPS) is 24.8. The summed E-state index contributed by atoms with van der Waals surface area (Å²) >= 11 is 0. The molecule has 0 aromatic heterocycles. The zero-order chi connectivity index (χ0) is 13.5. The molecule has 1 amide bonds. The molecule has 4 nitrogen and oxygen atoms in total. The van der Waals surface area contributed by atoms with Gasteiger partial charge in [-0.3, -0.25) is 9.69 Å². The maximum absolute atomic E-state index is 12.0. The van der Waals surface area contributed by atoms with Crippen LogP contribution in [0.15, 0.2) is 0 Å². The molecule has 1 fully saturated rings. The van der Waals surface area contributed by atoms with Crippen LogP contribution < -0.4 is 11.1 Å². The number of likely N-dealkylation sites (N-methyl/N-ethyl adjacent to an activating group) is 1. The van der Waals surface area contributed by atoms with Gasteiger partial charge in [0.25, 0.3) is 0 Å². The minimum Gasteiger partial charge on any atom is -0.344 e. The molecule has 0 heterocycles. The summed E-state index contributed by atoms with van der Waals surface area (Å²) in [5.74, 6) is 2.96. The molecule has 3 N–H and O–H groups in total. The van der Waals surface area contributed by atoms with Gasteiger partial charge in [-0.2, -0.15) is 0 Å². The van der Waals surface area contributed by atoms with Gasteiger partial charge in [0.15, 0.2) is 0 Å². The molecular formula is C14H25N3O. The highest BCUT2D eigenvalue weighted by atomic mass is 16.2. The van der Waals surface area contributed by atoms with Crippen molar-refractivity contribution in [1.29, 1.82) is 0 Å². The molecule has 0 aromatic rings. The maximum Gasteiger partial charge on any atom is 0.237 e. The van der Waals surface area contributed by atoms with Crippen LogP contribution in [0.1, 0.15) is 33.1 Å². The Morgan fingerprint density at radius 2 is 2.33 bits per heavy atom. The average Bonchev–Trinajstić information content (AvgIpc) is 2.84. The third-order valence-electron chi connectivity index (χ3n) is 3.95. The largest absolute Gasteiger partial charge is 0.344 e. The number of carbonyl (C=O) groups is 1. The minimum absolute atomic E-state index is 0.0115. The number of carbonyl (C=O) groups excluding carboxylic acids is 1. The molecule has 0 aliphatic heterocycles. The van der Waals surface area contributed by atoms with E-state index in [-0.39, 0.29) is 11.9 Å². The second-order valence-electron chi connectivity index (χ2n) is 4.92. The smallest absolute Gasteiger partial charge is 0.237 e. The predicted octanol–water partition coefficient (Wildman–Crippen LogP) is 0.574. The lowest BCUT2D eigenvalue weighted by molar-refractivity contribution is -0.126. The zero-order valence-electron chi connectivity index (χ0n) is 11.5. The summed E-state index contributed by atoms with van der Waals surface area (Å²) in [6, 6.07) is 0.298. The molecule has 0 bridgehead atoms. The van der Waals surface area contributed by atoms with Crippen molar-refractivity contribution in [1.82, 2.24) is 10.2 Å². The highest BCUT2D eigenvalue weighted by molar-refractivity contribution is 5.81. The lowest BCUT2D eigenvalue weighted by Crippen LogP contribution is -2.51. The van der Waals surface area contributed by atoms with Gasteiger partial charge in [-0.25, -0.2) is 0 Å². The van der Waals surface area contributed by atoms with E-state index in [1.165, 1.54) is 12.8 Å². The quantitative estimate of drug-likeness (QED) is 0.679. The van der Waals surface area contributed by atoms with Gasteiger partial charge in [0.05, 0.1) is 12.6 Å². The second-order valence-corrected chi connectivity index (χ2v) is 4.92. The molecular weight excluding hydrogens is 226 g/mol. The summed E-state index contributed by atoms with van der Waals surface area (Å²) in [7, 11) is 0. The standard InChI is InChI=1S/C14H25N3O/c1-4-9-16-14(18)11(3)17(5-2)13-8-6-7-12(13)10-15/h1,11-13H,5-10,15H2,2-3H3,(H,16,18). The average molecular weight is 251 g/mol. The van der Waals surface area contributed by atoms with Crippen molar-refractivity contribution in [3.8, 4) is 12.3 Å². The molecule has 3 unspecified atom stereocenters. The SMILES string of the molecule is C#CCNC(=O)C(C)N(CC)C1CCCC1CN. The van der Waals surface area contributed by atoms with E-state index >= 15 is 0 Å². The van der Waals surface area contributed by atoms with E-state index in [1.54, 1.807) is 0 Å². The summed E-state index contributed by atoms with van der Waals surface area (Å²) in [4.78, 5) is 14.2. The van der Waals surface area contributed by atoms with E-state index in [4.69, 9.17) is 12.2 Å². The second kappa shape index (κ2) is 7.40. The summed E-state index contributed by atoms with van der Waals surface area (Å²) < 4.78 is 0. The molecule has 0 saturated heterocycles. The molecule has 0 radical (unpaired) electrons. The molecule has 4 heteroatoms. The molecule has 102 valence electrons. The molecule has 1 aliphatic rings. The Balaban J connectivity index is 2.64. The lowest BCUT2D eigenvalue weighted by atomic mass is 10.0. The molecule has 0 aromatic carbocycles. The fourth-order valence-electron chi connectivity index (χ4n) is 2.96. The van der Waals surface area contributed by atoms with Crippen molar-refractivity contribution in [3.63, 3.8) is 0 Å². The van der Waals surface area contributed by atoms with E-state index in [0.29, 0.717) is 25.0 Å². The first-order valence-electron chi connectivity index (χ1n) is 6.82. The van der Waals surface area contributed by atoms with Gasteiger partial charge in [0, 0.05) is 6.04 Å². The fourth-order valence-corrected chi connectivity index (χ4v) is 2.96. The molecule has 18 heavy (non-hydrogen) atoms. The Bertz CT molecular complexity index is 311. The van der Waals surface area contributed by atoms with Crippen LogP contribution in [-0.4, -0.2) is 42.5 Å². The summed E-state index contributed by atoms with van der Waals surface area (Å²) in [6.45, 7) is 5.91. The van der Waals surface area contributed by atoms with Gasteiger partial charge < -0.3 is 11.1 Å². The Morgan fingerprint density at radius 1 is 1.61 bits per heavy atom. The van der Waals surface area contributed by atoms with Crippen molar-refractivity contribution in [2.75, 3.05) is 19.6 Å². The monoisotopic (exact) mass is 251 g/mol. The van der Waals surface area contributed by atoms with Crippen LogP contribution in [0.25, 0.3) is 0 Å². The highest BCUT2D eigenvalue weighted by Crippen LogP contribution is 2.30. The van der Waals surface area contributed by atoms with Crippen LogP contribution in [0.4, 0.5) is 0 Å². The first-order valence-corrected chi connectivity index (χ1v) is 6.82. The van der Waals surface area contributed by atoms with Crippen molar-refractivity contribution >= 4 is 5.91 Å². The van der Waals surface area contributed by atoms with E-state index in [0.717, 1.165) is 13.0 Å². The van der Waals surface area contributed by atoms with Gasteiger partial charge >= 0.3 is 0 Å². The number of rotatable bonds is 6. The first kappa shape index (κ1) is 15.0. The number of amides is 1. The van der Waals surface area contributed by atoms with Gasteiger partial charge in [0.2, 0.25) is 5.91 Å². The number of nitrogens with zero attached hydrogens (tertiary/aromatic N) is 1. The Morgan fingerprint density at radius 3 is 2.89 bits per heavy atom. The van der Waals surface area contributed by atoms with Crippen molar-refractivity contribution in [2.24, 2.45) is 11.7 Å². The minimum atomic E-state index is -0.138. The van der Waals surface area contributed by atoms with Gasteiger partial charge in [-0.1, -0.05) is 19.3 Å². The van der Waals surface area contributed by atoms with Gasteiger partial charge in [-0.15, -0.1) is 6.42 Å². The molecule has 1 aliphatic carbocycles. The van der Waals surface area contributed by atoms with E-state index in [1.807, 2.05) is 6.92 Å². The number of hydrogen-bond acceptors (Lipinski definition) is 3. The third kappa shape index (κ3) is 3.47. The number of terminal acetylenes is 1. The van der Waals surface area contributed by atoms with Gasteiger partial charge in [-0.05, 0) is 38.8 Å². The van der Waals surface area contributed by atoms with Crippen LogP contribution in [0.5, 0.6) is 0 Å².